The first-order chi connectivity index (χ1) is 14.0. The van der Waals surface area contributed by atoms with Gasteiger partial charge < -0.3 is 14.8 Å². The van der Waals surface area contributed by atoms with E-state index in [1.54, 1.807) is 6.07 Å². The van der Waals surface area contributed by atoms with Gasteiger partial charge in [0.05, 0.1) is 30.8 Å². The molecule has 0 unspecified atom stereocenters. The molecule has 29 heavy (non-hydrogen) atoms. The van der Waals surface area contributed by atoms with E-state index < -0.39 is 10.8 Å². The minimum Gasteiger partial charge on any atom is -0.493 e. The SMILES string of the molecule is COc1cc(/C=C(/C#N)C(=O)NCCCc2ccccc2)c([N+](=O)[O-])cc1OC. The van der Waals surface area contributed by atoms with Crippen LogP contribution in [0.3, 0.4) is 0 Å². The Bertz CT molecular complexity index is 949. The molecular formula is C21H21N3O5. The molecule has 0 fully saturated rings. The van der Waals surface area contributed by atoms with Gasteiger partial charge in [0.2, 0.25) is 0 Å². The predicted molar refractivity (Wildman–Crippen MR) is 108 cm³/mol. The molecule has 2 rings (SSSR count). The highest BCUT2D eigenvalue weighted by Crippen LogP contribution is 2.35. The molecule has 8 heteroatoms. The molecule has 0 spiro atoms. The Morgan fingerprint density at radius 1 is 1.21 bits per heavy atom. The number of hydrogen-bond acceptors (Lipinski definition) is 6. The van der Waals surface area contributed by atoms with E-state index in [-0.39, 0.29) is 28.3 Å². The zero-order valence-corrected chi connectivity index (χ0v) is 16.2. The Balaban J connectivity index is 2.14. The van der Waals surface area contributed by atoms with E-state index in [9.17, 15) is 20.2 Å². The van der Waals surface area contributed by atoms with Gasteiger partial charge in [-0.05, 0) is 30.5 Å². The second-order valence-electron chi connectivity index (χ2n) is 6.04. The number of carbonyl (C=O) groups is 1. The van der Waals surface area contributed by atoms with Crippen LogP contribution in [0.15, 0.2) is 48.0 Å². The van der Waals surface area contributed by atoms with Crippen LogP contribution in [-0.4, -0.2) is 31.6 Å². The maximum atomic E-state index is 12.3. The summed E-state index contributed by atoms with van der Waals surface area (Å²) < 4.78 is 10.2. The van der Waals surface area contributed by atoms with Crippen LogP contribution in [0.4, 0.5) is 5.69 Å². The summed E-state index contributed by atoms with van der Waals surface area (Å²) >= 11 is 0. The van der Waals surface area contributed by atoms with Crippen molar-refractivity contribution < 1.29 is 19.2 Å². The largest absolute Gasteiger partial charge is 0.493 e. The number of nitro groups is 1. The first kappa shape index (κ1) is 21.4. The van der Waals surface area contributed by atoms with Crippen LogP contribution < -0.4 is 14.8 Å². The molecule has 8 nitrogen and oxygen atoms in total. The molecule has 0 aliphatic carbocycles. The maximum Gasteiger partial charge on any atom is 0.280 e. The van der Waals surface area contributed by atoms with Crippen molar-refractivity contribution in [1.82, 2.24) is 5.32 Å². The highest BCUT2D eigenvalue weighted by Gasteiger charge is 2.20. The quantitative estimate of drug-likeness (QED) is 0.229. The number of rotatable bonds is 9. The Labute approximate surface area is 168 Å². The summed E-state index contributed by atoms with van der Waals surface area (Å²) in [5.41, 5.74) is 0.690. The van der Waals surface area contributed by atoms with E-state index in [0.717, 1.165) is 12.0 Å². The summed E-state index contributed by atoms with van der Waals surface area (Å²) in [5.74, 6) is -0.158. The molecule has 0 bridgehead atoms. The molecule has 0 saturated carbocycles. The Morgan fingerprint density at radius 2 is 1.86 bits per heavy atom. The van der Waals surface area contributed by atoms with E-state index in [0.29, 0.717) is 13.0 Å². The highest BCUT2D eigenvalue weighted by atomic mass is 16.6. The smallest absolute Gasteiger partial charge is 0.280 e. The molecule has 0 saturated heterocycles. The summed E-state index contributed by atoms with van der Waals surface area (Å²) in [4.78, 5) is 23.1. The number of methoxy groups -OCH3 is 2. The second-order valence-corrected chi connectivity index (χ2v) is 6.04. The van der Waals surface area contributed by atoms with Gasteiger partial charge >= 0.3 is 0 Å². The standard InChI is InChI=1S/C21H21N3O5/c1-28-19-12-16(18(24(26)27)13-20(19)29-2)11-17(14-22)21(25)23-10-6-9-15-7-4-3-5-8-15/h3-5,7-8,11-13H,6,9-10H2,1-2H3,(H,23,25)/b17-11-. The van der Waals surface area contributed by atoms with Gasteiger partial charge in [0.15, 0.2) is 11.5 Å². The fourth-order valence-electron chi connectivity index (χ4n) is 2.70. The lowest BCUT2D eigenvalue weighted by Crippen LogP contribution is -2.25. The summed E-state index contributed by atoms with van der Waals surface area (Å²) in [5, 5.41) is 23.4. The summed E-state index contributed by atoms with van der Waals surface area (Å²) in [7, 11) is 2.75. The highest BCUT2D eigenvalue weighted by molar-refractivity contribution is 6.02. The van der Waals surface area contributed by atoms with Gasteiger partial charge in [-0.25, -0.2) is 0 Å². The monoisotopic (exact) mass is 395 g/mol. The predicted octanol–water partition coefficient (Wildman–Crippen LogP) is 3.27. The fourth-order valence-corrected chi connectivity index (χ4v) is 2.70. The van der Waals surface area contributed by atoms with E-state index in [1.807, 2.05) is 30.3 Å². The van der Waals surface area contributed by atoms with Crippen LogP contribution in [0.25, 0.3) is 6.08 Å². The molecule has 2 aromatic carbocycles. The average molecular weight is 395 g/mol. The summed E-state index contributed by atoms with van der Waals surface area (Å²) in [6, 6.07) is 14.2. The fraction of sp³-hybridized carbons (Fsp3) is 0.238. The van der Waals surface area contributed by atoms with Crippen LogP contribution >= 0.6 is 0 Å². The van der Waals surface area contributed by atoms with Gasteiger partial charge in [-0.1, -0.05) is 30.3 Å². The molecule has 0 heterocycles. The maximum absolute atomic E-state index is 12.3. The molecule has 0 aromatic heterocycles. The molecule has 0 aliphatic rings. The number of ether oxygens (including phenoxy) is 2. The number of hydrogen-bond donors (Lipinski definition) is 1. The van der Waals surface area contributed by atoms with Crippen molar-refractivity contribution >= 4 is 17.7 Å². The number of amides is 1. The Kier molecular flexibility index (Phi) is 7.74. The number of aryl methyl sites for hydroxylation is 1. The molecule has 0 radical (unpaired) electrons. The lowest BCUT2D eigenvalue weighted by atomic mass is 10.1. The van der Waals surface area contributed by atoms with Crippen LogP contribution in [-0.2, 0) is 11.2 Å². The molecule has 0 aliphatic heterocycles. The third kappa shape index (κ3) is 5.81. The van der Waals surface area contributed by atoms with Gasteiger partial charge in [0.25, 0.3) is 11.6 Å². The lowest BCUT2D eigenvalue weighted by molar-refractivity contribution is -0.385. The average Bonchev–Trinajstić information content (AvgIpc) is 2.74. The number of carbonyl (C=O) groups excluding carboxylic acids is 1. The number of nitriles is 1. The molecule has 0 atom stereocenters. The third-order valence-corrected chi connectivity index (χ3v) is 4.17. The number of nitro benzene ring substituents is 1. The van der Waals surface area contributed by atoms with E-state index in [4.69, 9.17) is 9.47 Å². The van der Waals surface area contributed by atoms with Gasteiger partial charge in [0.1, 0.15) is 11.6 Å². The van der Waals surface area contributed by atoms with Crippen molar-refractivity contribution in [2.45, 2.75) is 12.8 Å². The van der Waals surface area contributed by atoms with E-state index in [1.165, 1.54) is 32.4 Å². The van der Waals surface area contributed by atoms with Crippen LogP contribution in [0, 0.1) is 21.4 Å². The number of benzene rings is 2. The number of nitrogens with zero attached hydrogens (tertiary/aromatic N) is 2. The molecule has 1 amide bonds. The van der Waals surface area contributed by atoms with Crippen LogP contribution in [0.2, 0.25) is 0 Å². The normalized spacial score (nSPS) is 10.7. The Hall–Kier alpha value is -3.86. The van der Waals surface area contributed by atoms with Crippen molar-refractivity contribution in [3.05, 3.63) is 69.3 Å². The third-order valence-electron chi connectivity index (χ3n) is 4.17. The topological polar surface area (TPSA) is 114 Å². The van der Waals surface area contributed by atoms with E-state index >= 15 is 0 Å². The lowest BCUT2D eigenvalue weighted by Gasteiger charge is -2.09. The van der Waals surface area contributed by atoms with Crippen molar-refractivity contribution in [3.8, 4) is 17.6 Å². The zero-order chi connectivity index (χ0) is 21.2. The summed E-state index contributed by atoms with van der Waals surface area (Å²) in [6.07, 6.45) is 2.66. The minimum absolute atomic E-state index is 0.0728. The number of nitrogens with one attached hydrogen (secondary N) is 1. The van der Waals surface area contributed by atoms with Gasteiger partial charge in [-0.15, -0.1) is 0 Å². The van der Waals surface area contributed by atoms with Crippen molar-refractivity contribution in [3.63, 3.8) is 0 Å². The summed E-state index contributed by atoms with van der Waals surface area (Å²) in [6.45, 7) is 0.376. The van der Waals surface area contributed by atoms with Gasteiger partial charge in [0, 0.05) is 6.54 Å². The molecule has 1 N–H and O–H groups in total. The van der Waals surface area contributed by atoms with Crippen LogP contribution in [0.1, 0.15) is 17.5 Å². The minimum atomic E-state index is -0.611. The zero-order valence-electron chi connectivity index (χ0n) is 16.2. The first-order valence-electron chi connectivity index (χ1n) is 8.84. The molecule has 150 valence electrons. The Morgan fingerprint density at radius 3 is 2.45 bits per heavy atom. The first-order valence-corrected chi connectivity index (χ1v) is 8.84. The van der Waals surface area contributed by atoms with Crippen molar-refractivity contribution in [1.29, 1.82) is 5.26 Å². The van der Waals surface area contributed by atoms with Crippen molar-refractivity contribution in [2.24, 2.45) is 0 Å². The van der Waals surface area contributed by atoms with Crippen LogP contribution in [0.5, 0.6) is 11.5 Å². The van der Waals surface area contributed by atoms with E-state index in [2.05, 4.69) is 5.32 Å². The molecular weight excluding hydrogens is 374 g/mol. The molecule has 2 aromatic rings. The second kappa shape index (κ2) is 10.5. The van der Waals surface area contributed by atoms with Crippen molar-refractivity contribution in [2.75, 3.05) is 20.8 Å². The van der Waals surface area contributed by atoms with Gasteiger partial charge in [-0.2, -0.15) is 5.26 Å². The van der Waals surface area contributed by atoms with Gasteiger partial charge in [-0.3, -0.25) is 14.9 Å².